The minimum Gasteiger partial charge on any atom is -0.478 e. The molecule has 0 aliphatic carbocycles. The fraction of sp³-hybridized carbons (Fsp3) is 0.273. The largest absolute Gasteiger partial charge is 0.478 e. The van der Waals surface area contributed by atoms with Crippen LogP contribution >= 0.6 is 0 Å². The summed E-state index contributed by atoms with van der Waals surface area (Å²) in [5.74, 6) is -2.10. The molecule has 0 saturated carbocycles. The molecule has 104 valence electrons. The number of anilines is 1. The average molecular weight is 276 g/mol. The van der Waals surface area contributed by atoms with E-state index in [4.69, 9.17) is 10.8 Å². The summed E-state index contributed by atoms with van der Waals surface area (Å²) in [4.78, 5) is 22.0. The molecule has 19 heavy (non-hydrogen) atoms. The number of carbonyl (C=O) groups is 2. The highest BCUT2D eigenvalue weighted by Gasteiger charge is 2.32. The van der Waals surface area contributed by atoms with Crippen LogP contribution in [0.5, 0.6) is 0 Å². The molecule has 4 N–H and O–H groups in total. The Hall–Kier alpha value is -2.09. The highest BCUT2D eigenvalue weighted by atomic mass is 19.4. The molecular formula is C11H11F3N2O3. The zero-order valence-corrected chi connectivity index (χ0v) is 9.62. The summed E-state index contributed by atoms with van der Waals surface area (Å²) >= 11 is 0. The van der Waals surface area contributed by atoms with E-state index in [0.717, 1.165) is 6.07 Å². The first-order chi connectivity index (χ1) is 8.74. The molecular weight excluding hydrogens is 265 g/mol. The van der Waals surface area contributed by atoms with Gasteiger partial charge in [-0.05, 0) is 18.2 Å². The van der Waals surface area contributed by atoms with Gasteiger partial charge in [-0.3, -0.25) is 4.79 Å². The molecule has 1 amide bonds. The molecule has 0 atom stereocenters. The van der Waals surface area contributed by atoms with Gasteiger partial charge in [-0.25, -0.2) is 4.79 Å². The smallest absolute Gasteiger partial charge is 0.416 e. The Kier molecular flexibility index (Phi) is 4.49. The Morgan fingerprint density at radius 3 is 2.37 bits per heavy atom. The zero-order valence-electron chi connectivity index (χ0n) is 9.62. The van der Waals surface area contributed by atoms with E-state index < -0.39 is 29.2 Å². The van der Waals surface area contributed by atoms with E-state index in [1.165, 1.54) is 0 Å². The first-order valence-corrected chi connectivity index (χ1v) is 5.19. The molecule has 0 spiro atoms. The summed E-state index contributed by atoms with van der Waals surface area (Å²) in [6, 6.07) is 2.12. The van der Waals surface area contributed by atoms with Gasteiger partial charge in [0.25, 0.3) is 0 Å². The number of hydrogen-bond acceptors (Lipinski definition) is 3. The predicted molar refractivity (Wildman–Crippen MR) is 60.7 cm³/mol. The van der Waals surface area contributed by atoms with Crippen LogP contribution < -0.4 is 11.1 Å². The molecule has 0 radical (unpaired) electrons. The normalized spacial score (nSPS) is 11.2. The molecule has 0 fully saturated rings. The van der Waals surface area contributed by atoms with E-state index in [2.05, 4.69) is 5.32 Å². The lowest BCUT2D eigenvalue weighted by Crippen LogP contribution is -2.17. The van der Waals surface area contributed by atoms with E-state index >= 15 is 0 Å². The molecule has 0 bridgehead atoms. The number of halogens is 3. The first kappa shape index (κ1) is 15.0. The number of nitrogens with two attached hydrogens (primary N) is 1. The molecule has 0 heterocycles. The Bertz CT molecular complexity index is 500. The van der Waals surface area contributed by atoms with Gasteiger partial charge in [0.05, 0.1) is 11.1 Å². The topological polar surface area (TPSA) is 92.4 Å². The van der Waals surface area contributed by atoms with Crippen molar-refractivity contribution < 1.29 is 27.9 Å². The third-order valence-electron chi connectivity index (χ3n) is 2.16. The first-order valence-electron chi connectivity index (χ1n) is 5.19. The lowest BCUT2D eigenvalue weighted by atomic mass is 10.1. The van der Waals surface area contributed by atoms with Gasteiger partial charge in [0, 0.05) is 18.7 Å². The van der Waals surface area contributed by atoms with Crippen molar-refractivity contribution in [1.82, 2.24) is 0 Å². The highest BCUT2D eigenvalue weighted by molar-refractivity contribution is 5.94. The van der Waals surface area contributed by atoms with E-state index in [0.29, 0.717) is 12.1 Å². The monoisotopic (exact) mass is 276 g/mol. The second-order valence-corrected chi connectivity index (χ2v) is 3.69. The second-order valence-electron chi connectivity index (χ2n) is 3.69. The summed E-state index contributed by atoms with van der Waals surface area (Å²) in [5.41, 5.74) is 3.19. The van der Waals surface area contributed by atoms with Crippen LogP contribution in [0.25, 0.3) is 0 Å². The number of carbonyl (C=O) groups excluding carboxylic acids is 1. The fourth-order valence-corrected chi connectivity index (χ4v) is 1.34. The third-order valence-corrected chi connectivity index (χ3v) is 2.16. The average Bonchev–Trinajstić information content (AvgIpc) is 2.27. The number of hydrogen-bond donors (Lipinski definition) is 3. The molecule has 1 aromatic carbocycles. The Balaban J connectivity index is 3.14. The number of rotatable bonds is 4. The van der Waals surface area contributed by atoms with Crippen LogP contribution in [-0.2, 0) is 11.0 Å². The minimum absolute atomic E-state index is 0.0383. The van der Waals surface area contributed by atoms with Crippen LogP contribution in [0, 0.1) is 0 Å². The van der Waals surface area contributed by atoms with Gasteiger partial charge >= 0.3 is 12.1 Å². The Labute approximate surface area is 106 Å². The van der Waals surface area contributed by atoms with Crippen LogP contribution in [0.2, 0.25) is 0 Å². The van der Waals surface area contributed by atoms with Gasteiger partial charge < -0.3 is 16.2 Å². The van der Waals surface area contributed by atoms with Gasteiger partial charge in [-0.1, -0.05) is 0 Å². The maximum Gasteiger partial charge on any atom is 0.416 e. The van der Waals surface area contributed by atoms with Gasteiger partial charge in [-0.15, -0.1) is 0 Å². The van der Waals surface area contributed by atoms with E-state index in [1.54, 1.807) is 0 Å². The van der Waals surface area contributed by atoms with Crippen LogP contribution in [0.15, 0.2) is 18.2 Å². The third kappa shape index (κ3) is 4.25. The van der Waals surface area contributed by atoms with Crippen molar-refractivity contribution in [2.24, 2.45) is 5.73 Å². The van der Waals surface area contributed by atoms with Crippen LogP contribution in [0.1, 0.15) is 22.3 Å². The molecule has 0 saturated heterocycles. The van der Waals surface area contributed by atoms with Crippen molar-refractivity contribution in [3.8, 4) is 0 Å². The van der Waals surface area contributed by atoms with E-state index in [-0.39, 0.29) is 18.7 Å². The summed E-state index contributed by atoms with van der Waals surface area (Å²) in [5, 5.41) is 10.9. The van der Waals surface area contributed by atoms with Crippen LogP contribution in [0.4, 0.5) is 18.9 Å². The standard InChI is InChI=1S/C11H11F3N2O3/c12-11(13,14)7-3-6(10(18)19)4-8(5-7)16-9(17)1-2-15/h3-5H,1-2,15H2,(H,16,17)(H,18,19). The number of alkyl halides is 3. The molecule has 0 unspecified atom stereocenters. The van der Waals surface area contributed by atoms with Crippen molar-refractivity contribution in [2.45, 2.75) is 12.6 Å². The van der Waals surface area contributed by atoms with Gasteiger partial charge in [0.15, 0.2) is 0 Å². The van der Waals surface area contributed by atoms with Crippen LogP contribution in [0.3, 0.4) is 0 Å². The summed E-state index contributed by atoms with van der Waals surface area (Å²) in [6.07, 6.45) is -4.77. The molecule has 0 aliphatic heterocycles. The van der Waals surface area contributed by atoms with Crippen molar-refractivity contribution in [1.29, 1.82) is 0 Å². The van der Waals surface area contributed by atoms with E-state index in [1.807, 2.05) is 0 Å². The quantitative estimate of drug-likeness (QED) is 0.780. The molecule has 5 nitrogen and oxygen atoms in total. The summed E-state index contributed by atoms with van der Waals surface area (Å²) in [7, 11) is 0. The van der Waals surface area contributed by atoms with Gasteiger partial charge in [0.2, 0.25) is 5.91 Å². The SMILES string of the molecule is NCCC(=O)Nc1cc(C(=O)O)cc(C(F)(F)F)c1. The maximum atomic E-state index is 12.6. The van der Waals surface area contributed by atoms with Gasteiger partial charge in [0.1, 0.15) is 0 Å². The number of benzene rings is 1. The number of carboxylic acid groups (broad SMARTS) is 1. The molecule has 1 aromatic rings. The van der Waals surface area contributed by atoms with Crippen molar-refractivity contribution >= 4 is 17.6 Å². The number of nitrogens with one attached hydrogen (secondary N) is 1. The maximum absolute atomic E-state index is 12.6. The van der Waals surface area contributed by atoms with Gasteiger partial charge in [-0.2, -0.15) is 13.2 Å². The molecule has 1 rings (SSSR count). The molecule has 8 heteroatoms. The Morgan fingerprint density at radius 2 is 1.89 bits per heavy atom. The molecule has 0 aliphatic rings. The number of aromatic carboxylic acids is 1. The van der Waals surface area contributed by atoms with Crippen molar-refractivity contribution in [2.75, 3.05) is 11.9 Å². The zero-order chi connectivity index (χ0) is 14.6. The van der Waals surface area contributed by atoms with E-state index in [9.17, 15) is 22.8 Å². The lowest BCUT2D eigenvalue weighted by molar-refractivity contribution is -0.137. The van der Waals surface area contributed by atoms with Crippen LogP contribution in [-0.4, -0.2) is 23.5 Å². The highest BCUT2D eigenvalue weighted by Crippen LogP contribution is 2.32. The Morgan fingerprint density at radius 1 is 1.26 bits per heavy atom. The lowest BCUT2D eigenvalue weighted by Gasteiger charge is -2.11. The second kappa shape index (κ2) is 5.70. The van der Waals surface area contributed by atoms with Crippen molar-refractivity contribution in [3.05, 3.63) is 29.3 Å². The van der Waals surface area contributed by atoms with Crippen molar-refractivity contribution in [3.63, 3.8) is 0 Å². The number of amides is 1. The summed E-state index contributed by atoms with van der Waals surface area (Å²) < 4.78 is 37.7. The number of carboxylic acids is 1. The minimum atomic E-state index is -4.70. The fourth-order valence-electron chi connectivity index (χ4n) is 1.34. The molecule has 0 aromatic heterocycles. The predicted octanol–water partition coefficient (Wildman–Crippen LogP) is 1.69. The summed E-state index contributed by atoms with van der Waals surface area (Å²) in [6.45, 7) is 0.0383.